The van der Waals surface area contributed by atoms with Crippen LogP contribution in [0.3, 0.4) is 0 Å². The molecule has 0 radical (unpaired) electrons. The van der Waals surface area contributed by atoms with E-state index in [9.17, 15) is 4.79 Å². The number of benzene rings is 1. The Labute approximate surface area is 142 Å². The second-order valence-electron chi connectivity index (χ2n) is 4.94. The van der Waals surface area contributed by atoms with E-state index in [-0.39, 0.29) is 5.91 Å². The zero-order valence-electron chi connectivity index (χ0n) is 12.0. The molecule has 0 atom stereocenters. The van der Waals surface area contributed by atoms with Crippen molar-refractivity contribution in [3.8, 4) is 0 Å². The average molecular weight is 348 g/mol. The highest BCUT2D eigenvalue weighted by molar-refractivity contribution is 7.20. The molecule has 2 nitrogen and oxygen atoms in total. The third-order valence-corrected chi connectivity index (χ3v) is 5.70. The molecular weight excluding hydrogens is 334 g/mol. The number of hydrogen-bond acceptors (Lipinski definition) is 3. The lowest BCUT2D eigenvalue weighted by molar-refractivity contribution is -0.125. The molecule has 1 aromatic carbocycles. The molecule has 112 valence electrons. The molecular formula is C17H14ClNOS2. The molecule has 0 spiro atoms. The van der Waals surface area contributed by atoms with Gasteiger partial charge in [0.2, 0.25) is 5.91 Å². The molecule has 2 aromatic heterocycles. The van der Waals surface area contributed by atoms with Gasteiger partial charge >= 0.3 is 0 Å². The molecule has 0 unspecified atom stereocenters. The molecule has 0 fully saturated rings. The summed E-state index contributed by atoms with van der Waals surface area (Å²) in [4.78, 5) is 14.8. The van der Waals surface area contributed by atoms with Gasteiger partial charge in [-0.3, -0.25) is 4.79 Å². The number of halogens is 1. The van der Waals surface area contributed by atoms with Crippen LogP contribution in [0.4, 0.5) is 0 Å². The van der Waals surface area contributed by atoms with E-state index < -0.39 is 0 Å². The minimum atomic E-state index is -0.0280. The Morgan fingerprint density at radius 3 is 2.86 bits per heavy atom. The smallest absolute Gasteiger partial charge is 0.246 e. The van der Waals surface area contributed by atoms with Gasteiger partial charge in [0.15, 0.2) is 0 Å². The fourth-order valence-corrected chi connectivity index (χ4v) is 4.21. The highest BCUT2D eigenvalue weighted by Crippen LogP contribution is 2.35. The summed E-state index contributed by atoms with van der Waals surface area (Å²) in [6.45, 7) is 0.618. The molecule has 0 aliphatic rings. The van der Waals surface area contributed by atoms with Crippen molar-refractivity contribution in [2.75, 3.05) is 7.05 Å². The monoisotopic (exact) mass is 347 g/mol. The van der Waals surface area contributed by atoms with Crippen LogP contribution in [0.5, 0.6) is 0 Å². The van der Waals surface area contributed by atoms with Gasteiger partial charge in [-0.25, -0.2) is 0 Å². The third-order valence-electron chi connectivity index (χ3n) is 3.31. The Hall–Kier alpha value is -1.62. The van der Waals surface area contributed by atoms with E-state index in [2.05, 4.69) is 5.38 Å². The molecule has 0 saturated carbocycles. The Bertz CT molecular complexity index is 820. The summed E-state index contributed by atoms with van der Waals surface area (Å²) >= 11 is 9.60. The van der Waals surface area contributed by atoms with Gasteiger partial charge in [0.05, 0.1) is 5.02 Å². The summed E-state index contributed by atoms with van der Waals surface area (Å²) in [6, 6.07) is 10.0. The molecule has 22 heavy (non-hydrogen) atoms. The number of carbonyl (C=O) groups is 1. The van der Waals surface area contributed by atoms with Crippen molar-refractivity contribution in [2.24, 2.45) is 0 Å². The fourth-order valence-electron chi connectivity index (χ4n) is 2.15. The van der Waals surface area contributed by atoms with Crippen LogP contribution in [0.15, 0.2) is 47.2 Å². The third kappa shape index (κ3) is 3.24. The van der Waals surface area contributed by atoms with Gasteiger partial charge in [-0.15, -0.1) is 11.3 Å². The van der Waals surface area contributed by atoms with Gasteiger partial charge in [-0.1, -0.05) is 29.8 Å². The fraction of sp³-hybridized carbons (Fsp3) is 0.118. The van der Waals surface area contributed by atoms with Crippen LogP contribution in [-0.2, 0) is 11.3 Å². The summed E-state index contributed by atoms with van der Waals surface area (Å²) in [5, 5.41) is 5.81. The van der Waals surface area contributed by atoms with Gasteiger partial charge in [0.25, 0.3) is 0 Å². The molecule has 0 bridgehead atoms. The molecule has 5 heteroatoms. The normalized spacial score (nSPS) is 11.4. The van der Waals surface area contributed by atoms with Crippen LogP contribution in [0.1, 0.15) is 10.4 Å². The lowest BCUT2D eigenvalue weighted by atomic mass is 10.2. The van der Waals surface area contributed by atoms with Crippen molar-refractivity contribution in [2.45, 2.75) is 6.54 Å². The van der Waals surface area contributed by atoms with Crippen LogP contribution in [0.2, 0.25) is 5.02 Å². The number of hydrogen-bond donors (Lipinski definition) is 0. The maximum atomic E-state index is 12.2. The van der Waals surface area contributed by atoms with Crippen LogP contribution >= 0.6 is 34.3 Å². The first kappa shape index (κ1) is 15.3. The summed E-state index contributed by atoms with van der Waals surface area (Å²) in [5.74, 6) is -0.0280. The maximum Gasteiger partial charge on any atom is 0.246 e. The molecule has 0 saturated heterocycles. The Kier molecular flexibility index (Phi) is 4.62. The van der Waals surface area contributed by atoms with E-state index in [4.69, 9.17) is 11.6 Å². The lowest BCUT2D eigenvalue weighted by Crippen LogP contribution is -2.23. The Morgan fingerprint density at radius 1 is 1.32 bits per heavy atom. The van der Waals surface area contributed by atoms with Crippen LogP contribution in [-0.4, -0.2) is 17.9 Å². The second-order valence-corrected chi connectivity index (χ2v) is 7.18. The number of thiophene rings is 2. The lowest BCUT2D eigenvalue weighted by Gasteiger charge is -2.13. The number of nitrogens with zero attached hydrogens (tertiary/aromatic N) is 1. The van der Waals surface area contributed by atoms with Crippen LogP contribution < -0.4 is 0 Å². The average Bonchev–Trinajstić information content (AvgIpc) is 3.13. The Morgan fingerprint density at radius 2 is 2.14 bits per heavy atom. The summed E-state index contributed by atoms with van der Waals surface area (Å²) in [5.41, 5.74) is 1.15. The predicted molar refractivity (Wildman–Crippen MR) is 96.7 cm³/mol. The first-order valence-electron chi connectivity index (χ1n) is 6.76. The quantitative estimate of drug-likeness (QED) is 0.587. The van der Waals surface area contributed by atoms with E-state index in [0.717, 1.165) is 20.5 Å². The molecule has 1 amide bonds. The number of likely N-dealkylation sites (N-methyl/N-ethyl adjacent to an activating group) is 1. The number of carbonyl (C=O) groups excluding carboxylic acids is 1. The molecule has 3 rings (SSSR count). The van der Waals surface area contributed by atoms with Crippen molar-refractivity contribution in [3.05, 3.63) is 62.6 Å². The minimum absolute atomic E-state index is 0.0280. The standard InChI is InChI=1S/C17H14ClNOS2/c1-19(10-12-8-9-21-11-12)16(20)7-6-15-17(18)13-4-2-3-5-14(13)22-15/h2-9,11H,10H2,1H3. The van der Waals surface area contributed by atoms with Crippen molar-refractivity contribution in [3.63, 3.8) is 0 Å². The van der Waals surface area contributed by atoms with Gasteiger partial charge < -0.3 is 4.90 Å². The SMILES string of the molecule is CN(Cc1ccsc1)C(=O)C=Cc1sc2ccccc2c1Cl. The van der Waals surface area contributed by atoms with Gasteiger partial charge in [0.1, 0.15) is 0 Å². The topological polar surface area (TPSA) is 20.3 Å². The summed E-state index contributed by atoms with van der Waals surface area (Å²) in [7, 11) is 1.80. The highest BCUT2D eigenvalue weighted by atomic mass is 35.5. The first-order chi connectivity index (χ1) is 10.6. The van der Waals surface area contributed by atoms with Crippen molar-refractivity contribution < 1.29 is 4.79 Å². The van der Waals surface area contributed by atoms with Crippen molar-refractivity contribution in [1.82, 2.24) is 4.90 Å². The summed E-state index contributed by atoms with van der Waals surface area (Å²) < 4.78 is 1.13. The van der Waals surface area contributed by atoms with Gasteiger partial charge in [-0.2, -0.15) is 11.3 Å². The minimum Gasteiger partial charge on any atom is -0.338 e. The molecule has 2 heterocycles. The van der Waals surface area contributed by atoms with E-state index in [1.165, 1.54) is 0 Å². The van der Waals surface area contributed by atoms with E-state index in [0.29, 0.717) is 11.6 Å². The predicted octanol–water partition coefficient (Wildman–Crippen LogP) is 5.29. The van der Waals surface area contributed by atoms with Gasteiger partial charge in [0, 0.05) is 34.6 Å². The first-order valence-corrected chi connectivity index (χ1v) is 8.90. The van der Waals surface area contributed by atoms with E-state index in [1.807, 2.05) is 35.7 Å². The zero-order valence-corrected chi connectivity index (χ0v) is 14.3. The van der Waals surface area contributed by atoms with Gasteiger partial charge in [-0.05, 0) is 34.5 Å². The molecule has 0 N–H and O–H groups in total. The molecule has 3 aromatic rings. The highest BCUT2D eigenvalue weighted by Gasteiger charge is 2.09. The number of amides is 1. The van der Waals surface area contributed by atoms with E-state index >= 15 is 0 Å². The second kappa shape index (κ2) is 6.65. The molecule has 0 aliphatic heterocycles. The van der Waals surface area contributed by atoms with Crippen molar-refractivity contribution >= 4 is 56.3 Å². The van der Waals surface area contributed by atoms with E-state index in [1.54, 1.807) is 46.8 Å². The number of rotatable bonds is 4. The molecule has 0 aliphatic carbocycles. The Balaban J connectivity index is 1.74. The van der Waals surface area contributed by atoms with Crippen LogP contribution in [0.25, 0.3) is 16.2 Å². The largest absolute Gasteiger partial charge is 0.338 e. The number of fused-ring (bicyclic) bond motifs is 1. The van der Waals surface area contributed by atoms with Crippen molar-refractivity contribution in [1.29, 1.82) is 0 Å². The van der Waals surface area contributed by atoms with Crippen LogP contribution in [0, 0.1) is 0 Å². The maximum absolute atomic E-state index is 12.2. The summed E-state index contributed by atoms with van der Waals surface area (Å²) in [6.07, 6.45) is 3.39. The zero-order chi connectivity index (χ0) is 15.5.